The number of benzene rings is 1. The van der Waals surface area contributed by atoms with Gasteiger partial charge in [0.1, 0.15) is 0 Å². The van der Waals surface area contributed by atoms with Crippen molar-refractivity contribution in [2.24, 2.45) is 0 Å². The summed E-state index contributed by atoms with van der Waals surface area (Å²) in [5.74, 6) is 0. The van der Waals surface area contributed by atoms with Gasteiger partial charge in [-0.3, -0.25) is 4.98 Å². The largest absolute Gasteiger partial charge is 0.337 e. The number of aromatic nitrogens is 1. The molecule has 1 aliphatic rings. The molecule has 5 heteroatoms. The maximum absolute atomic E-state index is 12.0. The van der Waals surface area contributed by atoms with Crippen LogP contribution in [0.5, 0.6) is 0 Å². The van der Waals surface area contributed by atoms with Crippen molar-refractivity contribution in [2.45, 2.75) is 25.4 Å². The second-order valence-electron chi connectivity index (χ2n) is 5.83. The Bertz CT molecular complexity index is 653. The number of likely N-dealkylation sites (tertiary alicyclic amines) is 1. The number of nitrogens with zero attached hydrogens (tertiary/aromatic N) is 2. The van der Waals surface area contributed by atoms with Crippen molar-refractivity contribution in [1.29, 1.82) is 0 Å². The van der Waals surface area contributed by atoms with Crippen molar-refractivity contribution in [1.82, 2.24) is 20.5 Å². The van der Waals surface area contributed by atoms with Crippen LogP contribution in [0.3, 0.4) is 0 Å². The highest BCUT2D eigenvalue weighted by atomic mass is 16.2. The third-order valence-corrected chi connectivity index (χ3v) is 4.33. The van der Waals surface area contributed by atoms with Crippen LogP contribution >= 0.6 is 0 Å². The minimum atomic E-state index is -0.117. The van der Waals surface area contributed by atoms with Gasteiger partial charge in [-0.05, 0) is 38.1 Å². The third kappa shape index (κ3) is 3.36. The molecule has 1 atom stereocenters. The van der Waals surface area contributed by atoms with Gasteiger partial charge in [0.25, 0.3) is 0 Å². The van der Waals surface area contributed by atoms with Crippen LogP contribution in [0.25, 0.3) is 10.9 Å². The summed E-state index contributed by atoms with van der Waals surface area (Å²) in [5, 5.41) is 6.97. The van der Waals surface area contributed by atoms with E-state index in [4.69, 9.17) is 0 Å². The SMILES string of the molecule is CN1CCCC1CNC(=O)NCc1cccc2cccnc12. The first-order chi connectivity index (χ1) is 10.7. The molecule has 2 aromatic rings. The zero-order valence-corrected chi connectivity index (χ0v) is 12.9. The average Bonchev–Trinajstić information content (AvgIpc) is 2.96. The van der Waals surface area contributed by atoms with Gasteiger partial charge in [0.2, 0.25) is 0 Å². The number of carbonyl (C=O) groups is 1. The summed E-state index contributed by atoms with van der Waals surface area (Å²) in [4.78, 5) is 18.7. The van der Waals surface area contributed by atoms with Crippen LogP contribution in [0.4, 0.5) is 4.79 Å². The topological polar surface area (TPSA) is 57.3 Å². The maximum Gasteiger partial charge on any atom is 0.315 e. The van der Waals surface area contributed by atoms with Crippen LogP contribution < -0.4 is 10.6 Å². The molecular formula is C17H22N4O. The van der Waals surface area contributed by atoms with E-state index in [9.17, 15) is 4.79 Å². The Morgan fingerprint density at radius 3 is 3.00 bits per heavy atom. The standard InChI is InChI=1S/C17H22N4O/c1-21-10-4-8-15(21)12-20-17(22)19-11-14-6-2-5-13-7-3-9-18-16(13)14/h2-3,5-7,9,15H,4,8,10-12H2,1H3,(H2,19,20,22). The molecule has 2 amide bonds. The van der Waals surface area contributed by atoms with Crippen LogP contribution in [-0.2, 0) is 6.54 Å². The molecule has 3 rings (SSSR count). The maximum atomic E-state index is 12.0. The van der Waals surface area contributed by atoms with Crippen LogP contribution in [0.2, 0.25) is 0 Å². The van der Waals surface area contributed by atoms with E-state index in [0.717, 1.165) is 29.4 Å². The molecule has 2 heterocycles. The van der Waals surface area contributed by atoms with Crippen molar-refractivity contribution in [2.75, 3.05) is 20.1 Å². The second-order valence-corrected chi connectivity index (χ2v) is 5.83. The number of amides is 2. The lowest BCUT2D eigenvalue weighted by molar-refractivity contribution is 0.234. The van der Waals surface area contributed by atoms with E-state index in [1.165, 1.54) is 6.42 Å². The molecule has 1 aliphatic heterocycles. The number of hydrogen-bond acceptors (Lipinski definition) is 3. The fourth-order valence-corrected chi connectivity index (χ4v) is 3.00. The smallest absolute Gasteiger partial charge is 0.315 e. The lowest BCUT2D eigenvalue weighted by Crippen LogP contribution is -2.42. The van der Waals surface area contributed by atoms with E-state index in [1.54, 1.807) is 6.20 Å². The van der Waals surface area contributed by atoms with E-state index in [1.807, 2.05) is 30.3 Å². The fraction of sp³-hybridized carbons (Fsp3) is 0.412. The van der Waals surface area contributed by atoms with Gasteiger partial charge in [0.15, 0.2) is 0 Å². The van der Waals surface area contributed by atoms with Gasteiger partial charge < -0.3 is 15.5 Å². The number of likely N-dealkylation sites (N-methyl/N-ethyl adjacent to an activating group) is 1. The molecule has 1 saturated heterocycles. The van der Waals surface area contributed by atoms with Crippen LogP contribution in [0, 0.1) is 0 Å². The molecular weight excluding hydrogens is 276 g/mol. The van der Waals surface area contributed by atoms with Crippen molar-refractivity contribution in [3.8, 4) is 0 Å². The van der Waals surface area contributed by atoms with Gasteiger partial charge in [0.05, 0.1) is 5.52 Å². The molecule has 1 aromatic heterocycles. The first-order valence-corrected chi connectivity index (χ1v) is 7.78. The molecule has 2 N–H and O–H groups in total. The molecule has 0 bridgehead atoms. The monoisotopic (exact) mass is 298 g/mol. The van der Waals surface area contributed by atoms with E-state index in [-0.39, 0.29) is 6.03 Å². The molecule has 0 radical (unpaired) electrons. The summed E-state index contributed by atoms with van der Waals surface area (Å²) in [7, 11) is 2.11. The van der Waals surface area contributed by atoms with E-state index in [0.29, 0.717) is 19.1 Å². The van der Waals surface area contributed by atoms with Crippen molar-refractivity contribution >= 4 is 16.9 Å². The van der Waals surface area contributed by atoms with E-state index < -0.39 is 0 Å². The Kier molecular flexibility index (Phi) is 4.53. The Morgan fingerprint density at radius 2 is 2.18 bits per heavy atom. The van der Waals surface area contributed by atoms with Crippen molar-refractivity contribution < 1.29 is 4.79 Å². The summed E-state index contributed by atoms with van der Waals surface area (Å²) < 4.78 is 0. The summed E-state index contributed by atoms with van der Waals surface area (Å²) >= 11 is 0. The Labute approximate surface area is 130 Å². The van der Waals surface area contributed by atoms with E-state index >= 15 is 0 Å². The molecule has 0 saturated carbocycles. The van der Waals surface area contributed by atoms with Crippen LogP contribution in [0.1, 0.15) is 18.4 Å². The van der Waals surface area contributed by atoms with Crippen LogP contribution in [-0.4, -0.2) is 42.1 Å². The number of pyridine rings is 1. The van der Waals surface area contributed by atoms with Gasteiger partial charge in [-0.2, -0.15) is 0 Å². The molecule has 5 nitrogen and oxygen atoms in total. The number of para-hydroxylation sites is 1. The van der Waals surface area contributed by atoms with Gasteiger partial charge in [-0.25, -0.2) is 4.79 Å². The quantitative estimate of drug-likeness (QED) is 0.909. The molecule has 116 valence electrons. The Balaban J connectivity index is 1.54. The average molecular weight is 298 g/mol. The molecule has 1 fully saturated rings. The highest BCUT2D eigenvalue weighted by Crippen LogP contribution is 2.15. The lowest BCUT2D eigenvalue weighted by Gasteiger charge is -2.19. The number of rotatable bonds is 4. The third-order valence-electron chi connectivity index (χ3n) is 4.33. The summed E-state index contributed by atoms with van der Waals surface area (Å²) in [6.07, 6.45) is 4.15. The van der Waals surface area contributed by atoms with Gasteiger partial charge >= 0.3 is 6.03 Å². The van der Waals surface area contributed by atoms with Crippen LogP contribution in [0.15, 0.2) is 36.5 Å². The molecule has 1 aromatic carbocycles. The number of fused-ring (bicyclic) bond motifs is 1. The summed E-state index contributed by atoms with van der Waals surface area (Å²) in [6.45, 7) is 2.31. The first-order valence-electron chi connectivity index (χ1n) is 7.78. The van der Waals surface area contributed by atoms with Crippen molar-refractivity contribution in [3.05, 3.63) is 42.1 Å². The van der Waals surface area contributed by atoms with Crippen molar-refractivity contribution in [3.63, 3.8) is 0 Å². The fourth-order valence-electron chi connectivity index (χ4n) is 3.00. The minimum absolute atomic E-state index is 0.117. The second kappa shape index (κ2) is 6.75. The minimum Gasteiger partial charge on any atom is -0.337 e. The Morgan fingerprint density at radius 1 is 1.32 bits per heavy atom. The zero-order chi connectivity index (χ0) is 15.4. The summed E-state index contributed by atoms with van der Waals surface area (Å²) in [6, 6.07) is 10.3. The number of urea groups is 1. The predicted octanol–water partition coefficient (Wildman–Crippen LogP) is 2.13. The normalized spacial score (nSPS) is 18.5. The molecule has 22 heavy (non-hydrogen) atoms. The molecule has 1 unspecified atom stereocenters. The number of carbonyl (C=O) groups excluding carboxylic acids is 1. The van der Waals surface area contributed by atoms with Gasteiger partial charge in [-0.15, -0.1) is 0 Å². The molecule has 0 spiro atoms. The molecule has 0 aliphatic carbocycles. The van der Waals surface area contributed by atoms with Gasteiger partial charge in [-0.1, -0.05) is 24.3 Å². The number of nitrogens with one attached hydrogen (secondary N) is 2. The first kappa shape index (κ1) is 14.8. The highest BCUT2D eigenvalue weighted by molar-refractivity contribution is 5.82. The van der Waals surface area contributed by atoms with E-state index in [2.05, 4.69) is 27.6 Å². The summed E-state index contributed by atoms with van der Waals surface area (Å²) in [5.41, 5.74) is 1.98. The lowest BCUT2D eigenvalue weighted by atomic mass is 10.1. The predicted molar refractivity (Wildman–Crippen MR) is 87.6 cm³/mol. The highest BCUT2D eigenvalue weighted by Gasteiger charge is 2.20. The Hall–Kier alpha value is -2.14. The van der Waals surface area contributed by atoms with Gasteiger partial charge in [0, 0.05) is 30.7 Å². The zero-order valence-electron chi connectivity index (χ0n) is 12.9. The number of hydrogen-bond donors (Lipinski definition) is 2.